The van der Waals surface area contributed by atoms with Gasteiger partial charge in [-0.15, -0.1) is 21.5 Å². The lowest BCUT2D eigenvalue weighted by Crippen LogP contribution is -2.51. The Labute approximate surface area is 204 Å². The van der Waals surface area contributed by atoms with Crippen LogP contribution in [0.15, 0.2) is 22.7 Å². The summed E-state index contributed by atoms with van der Waals surface area (Å²) in [6.45, 7) is 4.23. The molecular weight excluding hydrogens is 450 g/mol. The Balaban J connectivity index is 1.37. The standard InChI is InChI=1S/C25H33N5OS2/c1-16(20-14-18-8-9-19(20)13-18)30-22(21-7-6-12-32-21)28-29-24(30)33-17(2)23(31)27-25(15-26)10-4-3-5-11-25/h6-7,12,16-20H,3-5,8-11,13-14H2,1-2H3,(H,27,31). The topological polar surface area (TPSA) is 83.6 Å². The summed E-state index contributed by atoms with van der Waals surface area (Å²) in [6, 6.07) is 6.85. The molecule has 5 rings (SSSR count). The van der Waals surface area contributed by atoms with Crippen molar-refractivity contribution in [2.45, 2.75) is 93.6 Å². The highest BCUT2D eigenvalue weighted by atomic mass is 32.2. The maximum Gasteiger partial charge on any atom is 0.234 e. The molecule has 6 nitrogen and oxygen atoms in total. The van der Waals surface area contributed by atoms with E-state index < -0.39 is 5.54 Å². The van der Waals surface area contributed by atoms with Gasteiger partial charge in [0.15, 0.2) is 11.0 Å². The van der Waals surface area contributed by atoms with Crippen molar-refractivity contribution in [1.29, 1.82) is 5.26 Å². The maximum atomic E-state index is 13.1. The summed E-state index contributed by atoms with van der Waals surface area (Å²) < 4.78 is 2.30. The zero-order valence-corrected chi connectivity index (χ0v) is 21.1. The average molecular weight is 484 g/mol. The fourth-order valence-corrected chi connectivity index (χ4v) is 7.99. The molecule has 2 heterocycles. The molecule has 3 saturated carbocycles. The molecule has 0 radical (unpaired) electrons. The van der Waals surface area contributed by atoms with Crippen LogP contribution >= 0.6 is 23.1 Å². The van der Waals surface area contributed by atoms with E-state index in [0.717, 1.165) is 59.8 Å². The first-order valence-electron chi connectivity index (χ1n) is 12.4. The van der Waals surface area contributed by atoms with Crippen molar-refractivity contribution < 1.29 is 4.79 Å². The highest BCUT2D eigenvalue weighted by Gasteiger charge is 2.43. The summed E-state index contributed by atoms with van der Waals surface area (Å²) in [5.41, 5.74) is -0.712. The van der Waals surface area contributed by atoms with Crippen LogP contribution in [0.1, 0.15) is 77.7 Å². The Morgan fingerprint density at radius 2 is 2.09 bits per heavy atom. The number of amides is 1. The first kappa shape index (κ1) is 22.9. The van der Waals surface area contributed by atoms with Crippen molar-refractivity contribution in [3.63, 3.8) is 0 Å². The number of fused-ring (bicyclic) bond motifs is 2. The Morgan fingerprint density at radius 3 is 2.73 bits per heavy atom. The molecule has 3 aliphatic rings. The molecule has 0 spiro atoms. The second-order valence-electron chi connectivity index (χ2n) is 10.2. The molecule has 0 aliphatic heterocycles. The molecule has 2 aromatic rings. The van der Waals surface area contributed by atoms with Crippen molar-refractivity contribution in [2.24, 2.45) is 17.8 Å². The van der Waals surface area contributed by atoms with Crippen LogP contribution in [0.2, 0.25) is 0 Å². The second-order valence-corrected chi connectivity index (χ2v) is 12.5. The zero-order chi connectivity index (χ0) is 23.0. The van der Waals surface area contributed by atoms with Gasteiger partial charge in [-0.3, -0.25) is 9.36 Å². The van der Waals surface area contributed by atoms with Crippen molar-refractivity contribution >= 4 is 29.0 Å². The van der Waals surface area contributed by atoms with Gasteiger partial charge in [0.05, 0.1) is 16.2 Å². The summed E-state index contributed by atoms with van der Waals surface area (Å²) >= 11 is 3.16. The SMILES string of the molecule is CC(Sc1nnc(-c2cccs2)n1C(C)C1CC2CCC1C2)C(=O)NC1(C#N)CCCCC1. The largest absolute Gasteiger partial charge is 0.337 e. The second kappa shape index (κ2) is 9.42. The third kappa shape index (κ3) is 4.46. The molecule has 2 aromatic heterocycles. The Morgan fingerprint density at radius 1 is 1.27 bits per heavy atom. The number of nitriles is 1. The third-order valence-electron chi connectivity index (χ3n) is 8.16. The molecule has 0 aromatic carbocycles. The minimum absolute atomic E-state index is 0.0803. The fourth-order valence-electron chi connectivity index (χ4n) is 6.34. The summed E-state index contributed by atoms with van der Waals surface area (Å²) in [7, 11) is 0. The van der Waals surface area contributed by atoms with Gasteiger partial charge in [-0.05, 0) is 75.2 Å². The highest BCUT2D eigenvalue weighted by molar-refractivity contribution is 8.00. The molecule has 2 bridgehead atoms. The van der Waals surface area contributed by atoms with Gasteiger partial charge in [-0.1, -0.05) is 43.5 Å². The van der Waals surface area contributed by atoms with Crippen molar-refractivity contribution in [3.05, 3.63) is 17.5 Å². The third-order valence-corrected chi connectivity index (χ3v) is 10.1. The Hall–Kier alpha value is -1.85. The van der Waals surface area contributed by atoms with Gasteiger partial charge < -0.3 is 5.32 Å². The molecular formula is C25H33N5OS2. The minimum Gasteiger partial charge on any atom is -0.337 e. The number of thioether (sulfide) groups is 1. The number of carbonyl (C=O) groups is 1. The van der Waals surface area contributed by atoms with Crippen molar-refractivity contribution in [3.8, 4) is 16.8 Å². The van der Waals surface area contributed by atoms with Crippen LogP contribution in [-0.4, -0.2) is 31.5 Å². The van der Waals surface area contributed by atoms with Gasteiger partial charge in [0.1, 0.15) is 5.54 Å². The van der Waals surface area contributed by atoms with Gasteiger partial charge in [-0.25, -0.2) is 0 Å². The van der Waals surface area contributed by atoms with E-state index in [-0.39, 0.29) is 11.2 Å². The Bertz CT molecular complexity index is 1020. The number of nitrogens with zero attached hydrogens (tertiary/aromatic N) is 4. The lowest BCUT2D eigenvalue weighted by atomic mass is 9.83. The fraction of sp³-hybridized carbons (Fsp3) is 0.680. The smallest absolute Gasteiger partial charge is 0.234 e. The molecule has 5 atom stereocenters. The quantitative estimate of drug-likeness (QED) is 0.501. The zero-order valence-electron chi connectivity index (χ0n) is 19.5. The number of hydrogen-bond acceptors (Lipinski definition) is 6. The number of aromatic nitrogens is 3. The van der Waals surface area contributed by atoms with Crippen LogP contribution in [-0.2, 0) is 4.79 Å². The van der Waals surface area contributed by atoms with E-state index in [4.69, 9.17) is 0 Å². The predicted molar refractivity (Wildman–Crippen MR) is 132 cm³/mol. The lowest BCUT2D eigenvalue weighted by molar-refractivity contribution is -0.121. The summed E-state index contributed by atoms with van der Waals surface area (Å²) in [5, 5.41) is 24.6. The van der Waals surface area contributed by atoms with Crippen LogP contribution in [0.3, 0.4) is 0 Å². The summed E-state index contributed by atoms with van der Waals surface area (Å²) in [5.74, 6) is 3.15. The molecule has 3 fully saturated rings. The Kier molecular flexibility index (Phi) is 6.54. The number of carbonyl (C=O) groups excluding carboxylic acids is 1. The van der Waals surface area contributed by atoms with E-state index >= 15 is 0 Å². The minimum atomic E-state index is -0.712. The normalized spacial score (nSPS) is 27.7. The van der Waals surface area contributed by atoms with Crippen molar-refractivity contribution in [2.75, 3.05) is 0 Å². The lowest BCUT2D eigenvalue weighted by Gasteiger charge is -2.32. The number of rotatable bonds is 7. The van der Waals surface area contributed by atoms with Crippen LogP contribution in [0.25, 0.3) is 10.7 Å². The average Bonchev–Trinajstić information content (AvgIpc) is 3.63. The number of nitrogens with one attached hydrogen (secondary N) is 1. The van der Waals surface area contributed by atoms with Gasteiger partial charge in [0, 0.05) is 6.04 Å². The highest BCUT2D eigenvalue weighted by Crippen LogP contribution is 2.53. The van der Waals surface area contributed by atoms with Gasteiger partial charge in [0.25, 0.3) is 0 Å². The van der Waals surface area contributed by atoms with E-state index in [1.54, 1.807) is 11.3 Å². The molecule has 176 valence electrons. The van der Waals surface area contributed by atoms with E-state index in [0.29, 0.717) is 12.0 Å². The van der Waals surface area contributed by atoms with Gasteiger partial charge in [0.2, 0.25) is 5.91 Å². The van der Waals surface area contributed by atoms with E-state index in [1.807, 2.05) is 6.92 Å². The van der Waals surface area contributed by atoms with Crippen molar-refractivity contribution in [1.82, 2.24) is 20.1 Å². The van der Waals surface area contributed by atoms with Crippen LogP contribution in [0, 0.1) is 29.1 Å². The molecule has 1 N–H and O–H groups in total. The molecule has 3 aliphatic carbocycles. The number of hydrogen-bond donors (Lipinski definition) is 1. The first-order valence-corrected chi connectivity index (χ1v) is 14.1. The van der Waals surface area contributed by atoms with E-state index in [2.05, 4.69) is 50.6 Å². The molecule has 0 saturated heterocycles. The number of thiophene rings is 1. The van der Waals surface area contributed by atoms with Gasteiger partial charge >= 0.3 is 0 Å². The first-order chi connectivity index (χ1) is 16.0. The molecule has 33 heavy (non-hydrogen) atoms. The molecule has 5 unspecified atom stereocenters. The van der Waals surface area contributed by atoms with Gasteiger partial charge in [-0.2, -0.15) is 5.26 Å². The predicted octanol–water partition coefficient (Wildman–Crippen LogP) is 5.83. The summed E-state index contributed by atoms with van der Waals surface area (Å²) in [4.78, 5) is 14.2. The molecule has 8 heteroatoms. The maximum absolute atomic E-state index is 13.1. The van der Waals surface area contributed by atoms with Crippen LogP contribution < -0.4 is 5.32 Å². The summed E-state index contributed by atoms with van der Waals surface area (Å²) in [6.07, 6.45) is 9.99. The van der Waals surface area contributed by atoms with Crippen LogP contribution in [0.4, 0.5) is 0 Å². The van der Waals surface area contributed by atoms with Crippen LogP contribution in [0.5, 0.6) is 0 Å². The van der Waals surface area contributed by atoms with E-state index in [1.165, 1.54) is 37.4 Å². The van der Waals surface area contributed by atoms with E-state index in [9.17, 15) is 10.1 Å². The molecule has 1 amide bonds. The monoisotopic (exact) mass is 483 g/mol.